The van der Waals surface area contributed by atoms with Crippen molar-refractivity contribution in [2.24, 2.45) is 5.92 Å². The van der Waals surface area contributed by atoms with Crippen LogP contribution in [0.2, 0.25) is 0 Å². The van der Waals surface area contributed by atoms with E-state index < -0.39 is 0 Å². The Morgan fingerprint density at radius 1 is 1.17 bits per heavy atom. The predicted molar refractivity (Wildman–Crippen MR) is 118 cm³/mol. The first-order valence-electron chi connectivity index (χ1n) is 10.8. The molecule has 29 heavy (non-hydrogen) atoms. The number of oxazole rings is 1. The number of nitrogens with zero attached hydrogens (tertiary/aromatic N) is 1. The molecule has 3 heteroatoms. The summed E-state index contributed by atoms with van der Waals surface area (Å²) in [5.41, 5.74) is 6.23. The molecule has 152 valence electrons. The molecule has 2 atom stereocenters. The molecule has 0 amide bonds. The Hall–Kier alpha value is -2.55. The fourth-order valence-corrected chi connectivity index (χ4v) is 4.43. The highest BCUT2D eigenvalue weighted by Gasteiger charge is 2.27. The summed E-state index contributed by atoms with van der Waals surface area (Å²) >= 11 is 0. The van der Waals surface area contributed by atoms with Gasteiger partial charge < -0.3 is 9.15 Å². The van der Waals surface area contributed by atoms with E-state index in [1.165, 1.54) is 30.4 Å². The van der Waals surface area contributed by atoms with Crippen LogP contribution >= 0.6 is 0 Å². The molecule has 1 aliphatic carbocycles. The van der Waals surface area contributed by atoms with E-state index >= 15 is 0 Å². The Balaban J connectivity index is 1.42. The van der Waals surface area contributed by atoms with E-state index in [1.807, 2.05) is 37.3 Å². The highest BCUT2D eigenvalue weighted by molar-refractivity contribution is 5.53. The van der Waals surface area contributed by atoms with E-state index in [0.29, 0.717) is 18.4 Å². The fourth-order valence-electron chi connectivity index (χ4n) is 4.43. The Bertz CT molecular complexity index is 974. The average Bonchev–Trinajstić information content (AvgIpc) is 3.31. The minimum absolute atomic E-state index is 0.607. The number of rotatable bonds is 7. The molecule has 2 aromatic carbocycles. The van der Waals surface area contributed by atoms with Crippen molar-refractivity contribution in [2.45, 2.75) is 59.3 Å². The first kappa shape index (κ1) is 19.8. The van der Waals surface area contributed by atoms with Gasteiger partial charge in [0.2, 0.25) is 5.89 Å². The van der Waals surface area contributed by atoms with Crippen molar-refractivity contribution in [3.05, 3.63) is 70.6 Å². The lowest BCUT2D eigenvalue weighted by molar-refractivity contribution is 0.317. The monoisotopic (exact) mass is 389 g/mol. The molecule has 0 aliphatic heterocycles. The Labute approximate surface area is 174 Å². The maximum atomic E-state index is 6.18. The summed E-state index contributed by atoms with van der Waals surface area (Å²) in [5.74, 6) is 4.02. The number of ether oxygens (including phenoxy) is 1. The minimum Gasteiger partial charge on any atom is -0.493 e. The molecule has 0 spiro atoms. The topological polar surface area (TPSA) is 35.3 Å². The van der Waals surface area contributed by atoms with Gasteiger partial charge in [-0.2, -0.15) is 0 Å². The third-order valence-corrected chi connectivity index (χ3v) is 6.40. The Morgan fingerprint density at radius 3 is 2.72 bits per heavy atom. The molecule has 1 heterocycles. The fraction of sp³-hybridized carbons (Fsp3) is 0.423. The summed E-state index contributed by atoms with van der Waals surface area (Å²) in [6.45, 7) is 9.42. The zero-order valence-electron chi connectivity index (χ0n) is 18.0. The van der Waals surface area contributed by atoms with E-state index in [2.05, 4.69) is 37.9 Å². The van der Waals surface area contributed by atoms with Crippen LogP contribution in [0.1, 0.15) is 60.8 Å². The van der Waals surface area contributed by atoms with Gasteiger partial charge in [-0.05, 0) is 73.4 Å². The summed E-state index contributed by atoms with van der Waals surface area (Å²) in [6, 6.07) is 14.7. The van der Waals surface area contributed by atoms with Crippen molar-refractivity contribution in [3.8, 4) is 17.2 Å². The van der Waals surface area contributed by atoms with Crippen LogP contribution in [0, 0.1) is 19.8 Å². The van der Waals surface area contributed by atoms with Crippen molar-refractivity contribution >= 4 is 0 Å². The second kappa shape index (κ2) is 8.44. The maximum absolute atomic E-state index is 6.18. The largest absolute Gasteiger partial charge is 0.493 e. The molecule has 3 aromatic rings. The molecule has 0 N–H and O–H groups in total. The first-order valence-corrected chi connectivity index (χ1v) is 10.8. The summed E-state index contributed by atoms with van der Waals surface area (Å²) in [7, 11) is 0. The van der Waals surface area contributed by atoms with E-state index in [0.717, 1.165) is 35.1 Å². The number of aryl methyl sites for hydroxylation is 3. The van der Waals surface area contributed by atoms with Crippen LogP contribution in [0.15, 0.2) is 46.9 Å². The maximum Gasteiger partial charge on any atom is 0.226 e. The molecular formula is C26H31NO2. The lowest BCUT2D eigenvalue weighted by Gasteiger charge is -2.20. The van der Waals surface area contributed by atoms with Crippen LogP contribution in [-0.2, 0) is 12.8 Å². The van der Waals surface area contributed by atoms with Crippen molar-refractivity contribution < 1.29 is 9.15 Å². The van der Waals surface area contributed by atoms with Crippen LogP contribution < -0.4 is 4.74 Å². The summed E-state index contributed by atoms with van der Waals surface area (Å²) < 4.78 is 12.0. The smallest absolute Gasteiger partial charge is 0.226 e. The molecular weight excluding hydrogens is 358 g/mol. The van der Waals surface area contributed by atoms with Gasteiger partial charge >= 0.3 is 0 Å². The van der Waals surface area contributed by atoms with Gasteiger partial charge in [-0.3, -0.25) is 0 Å². The molecule has 1 aliphatic rings. The summed E-state index contributed by atoms with van der Waals surface area (Å²) in [5, 5.41) is 0. The van der Waals surface area contributed by atoms with Gasteiger partial charge in [0, 0.05) is 12.0 Å². The summed E-state index contributed by atoms with van der Waals surface area (Å²) in [4.78, 5) is 4.68. The molecule has 2 unspecified atom stereocenters. The molecule has 0 saturated carbocycles. The van der Waals surface area contributed by atoms with E-state index in [9.17, 15) is 0 Å². The van der Waals surface area contributed by atoms with Gasteiger partial charge in [-0.1, -0.05) is 44.5 Å². The molecule has 3 nitrogen and oxygen atoms in total. The standard InChI is InChI=1S/C26H31NO2/c1-5-17(2)22-12-11-21-16-25(18(3)15-23(21)22)28-14-13-24-19(4)29-26(27-24)20-9-7-6-8-10-20/h6-10,15-17,22H,5,11-14H2,1-4H3. The first-order chi connectivity index (χ1) is 14.1. The van der Waals surface area contributed by atoms with Gasteiger partial charge in [0.1, 0.15) is 11.5 Å². The second-order valence-corrected chi connectivity index (χ2v) is 8.33. The van der Waals surface area contributed by atoms with E-state index in [1.54, 1.807) is 5.56 Å². The van der Waals surface area contributed by atoms with Crippen LogP contribution in [0.25, 0.3) is 11.5 Å². The van der Waals surface area contributed by atoms with Crippen LogP contribution in [0.3, 0.4) is 0 Å². The molecule has 1 aromatic heterocycles. The van der Waals surface area contributed by atoms with Gasteiger partial charge in [-0.25, -0.2) is 4.98 Å². The molecule has 0 saturated heterocycles. The predicted octanol–water partition coefficient (Wildman–Crippen LogP) is 6.66. The summed E-state index contributed by atoms with van der Waals surface area (Å²) in [6.07, 6.45) is 4.43. The highest BCUT2D eigenvalue weighted by atomic mass is 16.5. The van der Waals surface area contributed by atoms with Crippen LogP contribution in [0.4, 0.5) is 0 Å². The highest BCUT2D eigenvalue weighted by Crippen LogP contribution is 2.42. The average molecular weight is 390 g/mol. The lowest BCUT2D eigenvalue weighted by atomic mass is 9.86. The van der Waals surface area contributed by atoms with E-state index in [4.69, 9.17) is 9.15 Å². The third-order valence-electron chi connectivity index (χ3n) is 6.40. The second-order valence-electron chi connectivity index (χ2n) is 8.33. The van der Waals surface area contributed by atoms with Gasteiger partial charge in [0.25, 0.3) is 0 Å². The third kappa shape index (κ3) is 4.10. The number of fused-ring (bicyclic) bond motifs is 1. The zero-order chi connectivity index (χ0) is 20.4. The number of hydrogen-bond donors (Lipinski definition) is 0. The van der Waals surface area contributed by atoms with Gasteiger partial charge in [0.05, 0.1) is 12.3 Å². The number of aromatic nitrogens is 1. The zero-order valence-corrected chi connectivity index (χ0v) is 18.0. The Morgan fingerprint density at radius 2 is 1.97 bits per heavy atom. The van der Waals surface area contributed by atoms with Crippen molar-refractivity contribution in [1.29, 1.82) is 0 Å². The normalized spacial score (nSPS) is 16.6. The molecule has 4 rings (SSSR count). The van der Waals surface area contributed by atoms with Crippen molar-refractivity contribution in [1.82, 2.24) is 4.98 Å². The molecule has 0 bridgehead atoms. The SMILES string of the molecule is CCC(C)C1CCc2cc(OCCc3nc(-c4ccccc4)oc3C)c(C)cc21. The quantitative estimate of drug-likeness (QED) is 0.453. The van der Waals surface area contributed by atoms with Gasteiger partial charge in [0.15, 0.2) is 0 Å². The molecule has 0 fully saturated rings. The molecule has 0 radical (unpaired) electrons. The van der Waals surface area contributed by atoms with Crippen molar-refractivity contribution in [3.63, 3.8) is 0 Å². The number of hydrogen-bond acceptors (Lipinski definition) is 3. The van der Waals surface area contributed by atoms with E-state index in [-0.39, 0.29) is 0 Å². The number of benzene rings is 2. The minimum atomic E-state index is 0.607. The van der Waals surface area contributed by atoms with Crippen LogP contribution in [0.5, 0.6) is 5.75 Å². The van der Waals surface area contributed by atoms with Crippen LogP contribution in [-0.4, -0.2) is 11.6 Å². The Kier molecular flexibility index (Phi) is 5.75. The van der Waals surface area contributed by atoms with Crippen molar-refractivity contribution in [2.75, 3.05) is 6.61 Å². The lowest BCUT2D eigenvalue weighted by Crippen LogP contribution is -2.07. The van der Waals surface area contributed by atoms with Gasteiger partial charge in [-0.15, -0.1) is 0 Å².